The lowest BCUT2D eigenvalue weighted by atomic mass is 10.2. The summed E-state index contributed by atoms with van der Waals surface area (Å²) in [7, 11) is 0. The van der Waals surface area contributed by atoms with Gasteiger partial charge in [-0.25, -0.2) is 15.0 Å². The summed E-state index contributed by atoms with van der Waals surface area (Å²) in [5, 5.41) is 1.54. The van der Waals surface area contributed by atoms with Crippen LogP contribution in [0.15, 0.2) is 42.9 Å². The summed E-state index contributed by atoms with van der Waals surface area (Å²) in [6.45, 7) is 2.63. The van der Waals surface area contributed by atoms with Crippen molar-refractivity contribution in [2.24, 2.45) is 0 Å². The van der Waals surface area contributed by atoms with Crippen LogP contribution in [0.5, 0.6) is 0 Å². The van der Waals surface area contributed by atoms with E-state index in [9.17, 15) is 13.2 Å². The Morgan fingerprint density at radius 2 is 1.63 bits per heavy atom. The van der Waals surface area contributed by atoms with Crippen molar-refractivity contribution in [1.29, 1.82) is 0 Å². The van der Waals surface area contributed by atoms with Crippen LogP contribution in [0, 0.1) is 0 Å². The Bertz CT molecular complexity index is 953. The first-order valence-electron chi connectivity index (χ1n) is 8.35. The minimum Gasteiger partial charge on any atom is -0.353 e. The highest BCUT2D eigenvalue weighted by molar-refractivity contribution is 6.31. The number of fused-ring (bicyclic) bond motifs is 1. The first-order valence-corrected chi connectivity index (χ1v) is 8.73. The van der Waals surface area contributed by atoms with Gasteiger partial charge in [0, 0.05) is 42.8 Å². The van der Waals surface area contributed by atoms with Crippen LogP contribution in [0.25, 0.3) is 10.9 Å². The zero-order valence-corrected chi connectivity index (χ0v) is 14.9. The van der Waals surface area contributed by atoms with Gasteiger partial charge in [-0.3, -0.25) is 0 Å². The fraction of sp³-hybridized carbons (Fsp3) is 0.278. The molecule has 0 saturated carbocycles. The molecule has 2 aromatic heterocycles. The molecule has 1 aliphatic rings. The SMILES string of the molecule is FC(F)(F)c1ccc(N2CCN(c3ncnc4cc(Cl)ccc34)CC2)nc1. The molecule has 0 aliphatic carbocycles. The molecular formula is C18H15ClF3N5. The first kappa shape index (κ1) is 17.8. The number of hydrogen-bond acceptors (Lipinski definition) is 5. The summed E-state index contributed by atoms with van der Waals surface area (Å²) in [6.07, 6.45) is -1.98. The molecule has 0 atom stereocenters. The summed E-state index contributed by atoms with van der Waals surface area (Å²) < 4.78 is 38.0. The fourth-order valence-corrected chi connectivity index (χ4v) is 3.32. The lowest BCUT2D eigenvalue weighted by Gasteiger charge is -2.36. The lowest BCUT2D eigenvalue weighted by Crippen LogP contribution is -2.47. The standard InChI is InChI=1S/C18H15ClF3N5/c19-13-2-3-14-15(9-13)24-11-25-17(14)27-7-5-26(6-8-27)16-4-1-12(10-23-16)18(20,21)22/h1-4,9-11H,5-8H2. The van der Waals surface area contributed by atoms with Gasteiger partial charge in [0.15, 0.2) is 0 Å². The Labute approximate surface area is 158 Å². The van der Waals surface area contributed by atoms with Crippen LogP contribution in [0.3, 0.4) is 0 Å². The Morgan fingerprint density at radius 1 is 0.889 bits per heavy atom. The van der Waals surface area contributed by atoms with Crippen molar-refractivity contribution in [2.75, 3.05) is 36.0 Å². The molecule has 5 nitrogen and oxygen atoms in total. The van der Waals surface area contributed by atoms with E-state index >= 15 is 0 Å². The number of hydrogen-bond donors (Lipinski definition) is 0. The molecule has 4 rings (SSSR count). The molecule has 0 radical (unpaired) electrons. The number of pyridine rings is 1. The van der Waals surface area contributed by atoms with E-state index < -0.39 is 11.7 Å². The van der Waals surface area contributed by atoms with Crippen LogP contribution < -0.4 is 9.80 Å². The maximum atomic E-state index is 12.7. The molecule has 27 heavy (non-hydrogen) atoms. The van der Waals surface area contributed by atoms with Crippen LogP contribution in [-0.4, -0.2) is 41.1 Å². The van der Waals surface area contributed by atoms with Gasteiger partial charge < -0.3 is 9.80 Å². The third-order valence-corrected chi connectivity index (χ3v) is 4.79. The van der Waals surface area contributed by atoms with Crippen molar-refractivity contribution in [2.45, 2.75) is 6.18 Å². The average molecular weight is 394 g/mol. The molecule has 1 aromatic carbocycles. The van der Waals surface area contributed by atoms with Crippen molar-refractivity contribution in [3.63, 3.8) is 0 Å². The number of piperazine rings is 1. The van der Waals surface area contributed by atoms with Crippen LogP contribution in [0.1, 0.15) is 5.56 Å². The number of rotatable bonds is 2. The first-order chi connectivity index (χ1) is 12.9. The second-order valence-electron chi connectivity index (χ2n) is 6.24. The second kappa shape index (κ2) is 6.84. The molecule has 140 valence electrons. The van der Waals surface area contributed by atoms with Crippen molar-refractivity contribution in [3.8, 4) is 0 Å². The van der Waals surface area contributed by atoms with E-state index in [0.717, 1.165) is 29.0 Å². The highest BCUT2D eigenvalue weighted by atomic mass is 35.5. The largest absolute Gasteiger partial charge is 0.417 e. The summed E-state index contributed by atoms with van der Waals surface area (Å²) >= 11 is 6.02. The molecule has 9 heteroatoms. The molecule has 1 aliphatic heterocycles. The second-order valence-corrected chi connectivity index (χ2v) is 6.67. The van der Waals surface area contributed by atoms with Crippen molar-refractivity contribution < 1.29 is 13.2 Å². The predicted molar refractivity (Wildman–Crippen MR) is 98.2 cm³/mol. The van der Waals surface area contributed by atoms with Gasteiger partial charge in [-0.05, 0) is 30.3 Å². The Hall–Kier alpha value is -2.61. The molecule has 0 N–H and O–H groups in total. The van der Waals surface area contributed by atoms with Crippen LogP contribution >= 0.6 is 11.6 Å². The molecule has 0 bridgehead atoms. The van der Waals surface area contributed by atoms with Crippen molar-refractivity contribution in [1.82, 2.24) is 15.0 Å². The Morgan fingerprint density at radius 3 is 2.30 bits per heavy atom. The molecule has 3 heterocycles. The Balaban J connectivity index is 1.49. The van der Waals surface area contributed by atoms with E-state index in [-0.39, 0.29) is 0 Å². The highest BCUT2D eigenvalue weighted by Crippen LogP contribution is 2.30. The third kappa shape index (κ3) is 3.62. The van der Waals surface area contributed by atoms with E-state index in [1.165, 1.54) is 12.4 Å². The lowest BCUT2D eigenvalue weighted by molar-refractivity contribution is -0.137. The van der Waals surface area contributed by atoms with Gasteiger partial charge >= 0.3 is 6.18 Å². The number of halogens is 4. The van der Waals surface area contributed by atoms with Crippen LogP contribution in [-0.2, 0) is 6.18 Å². The van der Waals surface area contributed by atoms with Crippen LogP contribution in [0.2, 0.25) is 5.02 Å². The molecule has 1 fully saturated rings. The minimum atomic E-state index is -4.37. The summed E-state index contributed by atoms with van der Waals surface area (Å²) in [5.41, 5.74) is 0.0373. The maximum Gasteiger partial charge on any atom is 0.417 e. The average Bonchev–Trinajstić information content (AvgIpc) is 2.67. The van der Waals surface area contributed by atoms with E-state index in [0.29, 0.717) is 37.0 Å². The van der Waals surface area contributed by atoms with Gasteiger partial charge in [0.25, 0.3) is 0 Å². The van der Waals surface area contributed by atoms with Gasteiger partial charge in [-0.1, -0.05) is 11.6 Å². The van der Waals surface area contributed by atoms with E-state index in [1.54, 1.807) is 12.1 Å². The van der Waals surface area contributed by atoms with E-state index in [4.69, 9.17) is 11.6 Å². The van der Waals surface area contributed by atoms with Crippen molar-refractivity contribution >= 4 is 34.1 Å². The molecular weight excluding hydrogens is 379 g/mol. The molecule has 0 spiro atoms. The number of nitrogens with zero attached hydrogens (tertiary/aromatic N) is 5. The van der Waals surface area contributed by atoms with Crippen molar-refractivity contribution in [3.05, 3.63) is 53.4 Å². The summed E-state index contributed by atoms with van der Waals surface area (Å²) in [6, 6.07) is 7.98. The van der Waals surface area contributed by atoms with Gasteiger partial charge in [-0.15, -0.1) is 0 Å². The zero-order chi connectivity index (χ0) is 19.0. The molecule has 0 amide bonds. The quantitative estimate of drug-likeness (QED) is 0.658. The monoisotopic (exact) mass is 393 g/mol. The predicted octanol–water partition coefficient (Wildman–Crippen LogP) is 4.02. The maximum absolute atomic E-state index is 12.7. The summed E-state index contributed by atoms with van der Waals surface area (Å²) in [4.78, 5) is 16.7. The summed E-state index contributed by atoms with van der Waals surface area (Å²) in [5.74, 6) is 1.37. The van der Waals surface area contributed by atoms with Gasteiger partial charge in [0.05, 0.1) is 11.1 Å². The topological polar surface area (TPSA) is 45.2 Å². The molecule has 3 aromatic rings. The normalized spacial score (nSPS) is 15.4. The van der Waals surface area contributed by atoms with Gasteiger partial charge in [0.1, 0.15) is 18.0 Å². The van der Waals surface area contributed by atoms with Gasteiger partial charge in [0.2, 0.25) is 0 Å². The fourth-order valence-electron chi connectivity index (χ4n) is 3.16. The van der Waals surface area contributed by atoms with E-state index in [2.05, 4.69) is 19.9 Å². The highest BCUT2D eigenvalue weighted by Gasteiger charge is 2.31. The van der Waals surface area contributed by atoms with Crippen LogP contribution in [0.4, 0.5) is 24.8 Å². The minimum absolute atomic E-state index is 0.543. The molecule has 0 unspecified atom stereocenters. The number of benzene rings is 1. The van der Waals surface area contributed by atoms with E-state index in [1.807, 2.05) is 11.0 Å². The smallest absolute Gasteiger partial charge is 0.353 e. The third-order valence-electron chi connectivity index (χ3n) is 4.56. The number of anilines is 2. The number of aromatic nitrogens is 3. The zero-order valence-electron chi connectivity index (χ0n) is 14.1. The molecule has 1 saturated heterocycles. The Kier molecular flexibility index (Phi) is 4.51. The van der Waals surface area contributed by atoms with Gasteiger partial charge in [-0.2, -0.15) is 13.2 Å². The number of alkyl halides is 3.